The molecule has 4 heteroatoms. The van der Waals surface area contributed by atoms with Crippen molar-refractivity contribution in [1.82, 2.24) is 4.90 Å². The van der Waals surface area contributed by atoms with Gasteiger partial charge in [0.25, 0.3) is 5.91 Å². The Kier molecular flexibility index (Phi) is 4.05. The number of carbonyl (C=O) groups is 1. The first-order valence-electron chi connectivity index (χ1n) is 6.25. The number of halogens is 2. The lowest BCUT2D eigenvalue weighted by Gasteiger charge is -2.27. The largest absolute Gasteiger partial charge is 0.336 e. The molecule has 2 rings (SSSR count). The Labute approximate surface area is 115 Å². The summed E-state index contributed by atoms with van der Waals surface area (Å²) in [6.07, 6.45) is 2.36. The highest BCUT2D eigenvalue weighted by Gasteiger charge is 2.29. The highest BCUT2D eigenvalue weighted by Crippen LogP contribution is 2.31. The summed E-state index contributed by atoms with van der Waals surface area (Å²) in [6, 6.07) is 4.68. The maximum Gasteiger partial charge on any atom is 0.257 e. The molecule has 1 fully saturated rings. The Bertz CT molecular complexity index is 457. The van der Waals surface area contributed by atoms with Gasteiger partial charge in [0.05, 0.1) is 5.56 Å². The summed E-state index contributed by atoms with van der Waals surface area (Å²) in [5, 5.41) is 0. The monoisotopic (exact) mass is 313 g/mol. The minimum atomic E-state index is -0.462. The molecule has 0 unspecified atom stereocenters. The van der Waals surface area contributed by atoms with E-state index >= 15 is 0 Å². The Morgan fingerprint density at radius 1 is 1.50 bits per heavy atom. The van der Waals surface area contributed by atoms with Crippen molar-refractivity contribution < 1.29 is 9.18 Å². The number of carbonyl (C=O) groups excluding carboxylic acids is 1. The zero-order valence-electron chi connectivity index (χ0n) is 10.6. The molecule has 1 aliphatic rings. The summed E-state index contributed by atoms with van der Waals surface area (Å²) < 4.78 is 14.4. The summed E-state index contributed by atoms with van der Waals surface area (Å²) in [4.78, 5) is 14.1. The molecule has 1 aromatic carbocycles. The van der Waals surface area contributed by atoms with Gasteiger partial charge in [-0.15, -0.1) is 0 Å². The van der Waals surface area contributed by atoms with Crippen molar-refractivity contribution in [3.8, 4) is 0 Å². The molecule has 0 saturated heterocycles. The van der Waals surface area contributed by atoms with Crippen molar-refractivity contribution in [1.29, 1.82) is 0 Å². The van der Waals surface area contributed by atoms with E-state index in [0.29, 0.717) is 10.4 Å². The van der Waals surface area contributed by atoms with Crippen LogP contribution in [0.5, 0.6) is 0 Å². The first-order chi connectivity index (χ1) is 8.49. The van der Waals surface area contributed by atoms with Crippen LogP contribution in [0.25, 0.3) is 0 Å². The molecule has 0 radical (unpaired) electrons. The second-order valence-corrected chi connectivity index (χ2v) is 6.03. The van der Waals surface area contributed by atoms with Gasteiger partial charge in [0.15, 0.2) is 0 Å². The zero-order chi connectivity index (χ0) is 13.3. The third kappa shape index (κ3) is 3.10. The van der Waals surface area contributed by atoms with Crippen LogP contribution in [0.4, 0.5) is 4.39 Å². The standard InChI is InChI=1S/C14H17BrFNO/c1-9(2)17(8-10-3-4-10)14(18)12-6-5-11(15)7-13(12)16/h5-7,9-10H,3-4,8H2,1-2H3. The van der Waals surface area contributed by atoms with E-state index < -0.39 is 5.82 Å². The zero-order valence-corrected chi connectivity index (χ0v) is 12.2. The third-order valence-corrected chi connectivity index (χ3v) is 3.69. The number of hydrogen-bond acceptors (Lipinski definition) is 1. The van der Waals surface area contributed by atoms with Crippen molar-refractivity contribution >= 4 is 21.8 Å². The van der Waals surface area contributed by atoms with E-state index in [4.69, 9.17) is 0 Å². The Balaban J connectivity index is 2.20. The molecule has 0 heterocycles. The average Bonchev–Trinajstić information content (AvgIpc) is 3.08. The highest BCUT2D eigenvalue weighted by atomic mass is 79.9. The first-order valence-corrected chi connectivity index (χ1v) is 7.04. The number of benzene rings is 1. The lowest BCUT2D eigenvalue weighted by atomic mass is 10.1. The van der Waals surface area contributed by atoms with Crippen molar-refractivity contribution in [2.45, 2.75) is 32.7 Å². The van der Waals surface area contributed by atoms with E-state index in [0.717, 1.165) is 6.54 Å². The van der Waals surface area contributed by atoms with Gasteiger partial charge >= 0.3 is 0 Å². The Hall–Kier alpha value is -0.900. The SMILES string of the molecule is CC(C)N(CC1CC1)C(=O)c1ccc(Br)cc1F. The molecular weight excluding hydrogens is 297 g/mol. The van der Waals surface area contributed by atoms with Gasteiger partial charge in [0.2, 0.25) is 0 Å². The van der Waals surface area contributed by atoms with Gasteiger partial charge in [-0.05, 0) is 50.8 Å². The van der Waals surface area contributed by atoms with E-state index in [-0.39, 0.29) is 17.5 Å². The van der Waals surface area contributed by atoms with E-state index in [1.807, 2.05) is 13.8 Å². The molecule has 18 heavy (non-hydrogen) atoms. The van der Waals surface area contributed by atoms with Gasteiger partial charge in [-0.25, -0.2) is 4.39 Å². The highest BCUT2D eigenvalue weighted by molar-refractivity contribution is 9.10. The molecule has 2 nitrogen and oxygen atoms in total. The maximum absolute atomic E-state index is 13.8. The maximum atomic E-state index is 13.8. The van der Waals surface area contributed by atoms with Crippen LogP contribution in [0.15, 0.2) is 22.7 Å². The predicted molar refractivity (Wildman–Crippen MR) is 73.0 cm³/mol. The van der Waals surface area contributed by atoms with E-state index in [1.165, 1.54) is 18.9 Å². The van der Waals surface area contributed by atoms with E-state index in [2.05, 4.69) is 15.9 Å². The fourth-order valence-corrected chi connectivity index (χ4v) is 2.26. The van der Waals surface area contributed by atoms with Crippen LogP contribution in [-0.4, -0.2) is 23.4 Å². The van der Waals surface area contributed by atoms with Crippen LogP contribution in [0.3, 0.4) is 0 Å². The minimum absolute atomic E-state index is 0.0983. The van der Waals surface area contributed by atoms with Crippen LogP contribution >= 0.6 is 15.9 Å². The fourth-order valence-electron chi connectivity index (χ4n) is 1.92. The van der Waals surface area contributed by atoms with Gasteiger partial charge < -0.3 is 4.90 Å². The number of amides is 1. The van der Waals surface area contributed by atoms with E-state index in [9.17, 15) is 9.18 Å². The van der Waals surface area contributed by atoms with Gasteiger partial charge in [-0.2, -0.15) is 0 Å². The molecule has 1 amide bonds. The van der Waals surface area contributed by atoms with Gasteiger partial charge in [0.1, 0.15) is 5.82 Å². The van der Waals surface area contributed by atoms with Gasteiger partial charge in [-0.1, -0.05) is 15.9 Å². The molecule has 1 saturated carbocycles. The molecule has 0 atom stereocenters. The van der Waals surface area contributed by atoms with Gasteiger partial charge in [0, 0.05) is 17.1 Å². The predicted octanol–water partition coefficient (Wildman–Crippen LogP) is 3.85. The number of hydrogen-bond donors (Lipinski definition) is 0. The summed E-state index contributed by atoms with van der Waals surface area (Å²) in [5.41, 5.74) is 0.160. The summed E-state index contributed by atoms with van der Waals surface area (Å²) in [5.74, 6) is -0.0624. The number of nitrogens with zero attached hydrogens (tertiary/aromatic N) is 1. The average molecular weight is 314 g/mol. The van der Waals surface area contributed by atoms with E-state index in [1.54, 1.807) is 17.0 Å². The molecule has 0 spiro atoms. The quantitative estimate of drug-likeness (QED) is 0.827. The second kappa shape index (κ2) is 5.39. The molecule has 0 N–H and O–H groups in total. The summed E-state index contributed by atoms with van der Waals surface area (Å²) in [7, 11) is 0. The molecule has 1 aliphatic carbocycles. The van der Waals surface area contributed by atoms with Gasteiger partial charge in [-0.3, -0.25) is 4.79 Å². The van der Waals surface area contributed by atoms with Crippen LogP contribution in [0.2, 0.25) is 0 Å². The minimum Gasteiger partial charge on any atom is -0.336 e. The lowest BCUT2D eigenvalue weighted by molar-refractivity contribution is 0.0691. The molecule has 0 aromatic heterocycles. The lowest BCUT2D eigenvalue weighted by Crippen LogP contribution is -2.38. The Morgan fingerprint density at radius 2 is 2.17 bits per heavy atom. The topological polar surface area (TPSA) is 20.3 Å². The Morgan fingerprint density at radius 3 is 2.67 bits per heavy atom. The molecular formula is C14H17BrFNO. The van der Waals surface area contributed by atoms with Crippen molar-refractivity contribution in [3.63, 3.8) is 0 Å². The fraction of sp³-hybridized carbons (Fsp3) is 0.500. The molecule has 1 aromatic rings. The smallest absolute Gasteiger partial charge is 0.257 e. The number of rotatable bonds is 4. The first kappa shape index (κ1) is 13.5. The van der Waals surface area contributed by atoms with Crippen LogP contribution in [0, 0.1) is 11.7 Å². The molecule has 0 aliphatic heterocycles. The molecule has 0 bridgehead atoms. The summed E-state index contributed by atoms with van der Waals surface area (Å²) in [6.45, 7) is 4.68. The third-order valence-electron chi connectivity index (χ3n) is 3.20. The van der Waals surface area contributed by atoms with Crippen molar-refractivity contribution in [3.05, 3.63) is 34.1 Å². The van der Waals surface area contributed by atoms with Crippen molar-refractivity contribution in [2.75, 3.05) is 6.54 Å². The second-order valence-electron chi connectivity index (χ2n) is 5.12. The van der Waals surface area contributed by atoms with Crippen LogP contribution < -0.4 is 0 Å². The van der Waals surface area contributed by atoms with Crippen LogP contribution in [0.1, 0.15) is 37.0 Å². The molecule has 98 valence electrons. The normalized spacial score (nSPS) is 14.9. The van der Waals surface area contributed by atoms with Crippen molar-refractivity contribution in [2.24, 2.45) is 5.92 Å². The van der Waals surface area contributed by atoms with Crippen LogP contribution in [-0.2, 0) is 0 Å². The summed E-state index contributed by atoms with van der Waals surface area (Å²) >= 11 is 3.20.